The highest BCUT2D eigenvalue weighted by Gasteiger charge is 2.21. The average molecular weight is 189 g/mol. The van der Waals surface area contributed by atoms with Crippen LogP contribution in [0.1, 0.15) is 44.7 Å². The molecule has 0 fully saturated rings. The number of anilines is 1. The maximum absolute atomic E-state index is 3.43. The monoisotopic (exact) mass is 189 g/mol. The van der Waals surface area contributed by atoms with Gasteiger partial charge in [-0.25, -0.2) is 0 Å². The summed E-state index contributed by atoms with van der Waals surface area (Å²) in [6, 6.07) is 6.82. The van der Waals surface area contributed by atoms with E-state index in [9.17, 15) is 0 Å². The first-order valence-electron chi connectivity index (χ1n) is 5.37. The van der Waals surface area contributed by atoms with Gasteiger partial charge in [-0.1, -0.05) is 39.8 Å². The molecule has 1 aliphatic rings. The van der Waals surface area contributed by atoms with Crippen molar-refractivity contribution in [1.29, 1.82) is 0 Å². The van der Waals surface area contributed by atoms with E-state index in [1.165, 1.54) is 16.8 Å². The van der Waals surface area contributed by atoms with E-state index < -0.39 is 0 Å². The number of nitrogens with one attached hydrogen (secondary N) is 1. The van der Waals surface area contributed by atoms with E-state index in [1.54, 1.807) is 0 Å². The molecule has 1 N–H and O–H groups in total. The first-order valence-corrected chi connectivity index (χ1v) is 5.37. The molecule has 0 radical (unpaired) electrons. The van der Waals surface area contributed by atoms with Crippen molar-refractivity contribution in [2.24, 2.45) is 0 Å². The van der Waals surface area contributed by atoms with Gasteiger partial charge in [0.25, 0.3) is 0 Å². The number of hydrogen-bond donors (Lipinski definition) is 1. The van der Waals surface area contributed by atoms with Crippen molar-refractivity contribution in [2.75, 3.05) is 11.9 Å². The molecule has 2 rings (SSSR count). The van der Waals surface area contributed by atoms with Crippen LogP contribution >= 0.6 is 0 Å². The minimum Gasteiger partial charge on any atom is -0.384 e. The summed E-state index contributed by atoms with van der Waals surface area (Å²) in [4.78, 5) is 0. The highest BCUT2D eigenvalue weighted by atomic mass is 14.9. The molecule has 1 aromatic rings. The summed E-state index contributed by atoms with van der Waals surface area (Å²) in [5.41, 5.74) is 4.51. The molecule has 14 heavy (non-hydrogen) atoms. The van der Waals surface area contributed by atoms with Crippen LogP contribution in [0.2, 0.25) is 0 Å². The molecule has 0 aromatic heterocycles. The second-order valence-corrected chi connectivity index (χ2v) is 5.33. The molecule has 1 nitrogen and oxygen atoms in total. The van der Waals surface area contributed by atoms with E-state index >= 15 is 0 Å². The van der Waals surface area contributed by atoms with Gasteiger partial charge in [-0.15, -0.1) is 0 Å². The molecule has 1 heteroatoms. The lowest BCUT2D eigenvalue weighted by Gasteiger charge is -2.20. The Morgan fingerprint density at radius 1 is 1.29 bits per heavy atom. The van der Waals surface area contributed by atoms with Crippen molar-refractivity contribution in [2.45, 2.75) is 39.0 Å². The Morgan fingerprint density at radius 2 is 2.00 bits per heavy atom. The maximum atomic E-state index is 3.43. The van der Waals surface area contributed by atoms with Gasteiger partial charge < -0.3 is 5.32 Å². The van der Waals surface area contributed by atoms with Gasteiger partial charge in [-0.2, -0.15) is 0 Å². The summed E-state index contributed by atoms with van der Waals surface area (Å²) >= 11 is 0. The van der Waals surface area contributed by atoms with Crippen molar-refractivity contribution in [3.05, 3.63) is 29.3 Å². The van der Waals surface area contributed by atoms with Gasteiger partial charge in [0, 0.05) is 18.2 Å². The van der Waals surface area contributed by atoms with Gasteiger partial charge in [-0.3, -0.25) is 0 Å². The zero-order valence-corrected chi connectivity index (χ0v) is 9.52. The third kappa shape index (κ3) is 1.52. The average Bonchev–Trinajstić information content (AvgIpc) is 2.46. The molecule has 76 valence electrons. The number of rotatable bonds is 0. The largest absolute Gasteiger partial charge is 0.384 e. The topological polar surface area (TPSA) is 12.0 Å². The lowest BCUT2D eigenvalue weighted by atomic mass is 9.85. The maximum Gasteiger partial charge on any atom is 0.0376 e. The van der Waals surface area contributed by atoms with Crippen LogP contribution in [0.5, 0.6) is 0 Å². The molecule has 1 aromatic carbocycles. The van der Waals surface area contributed by atoms with E-state index in [1.807, 2.05) is 0 Å². The summed E-state index contributed by atoms with van der Waals surface area (Å²) < 4.78 is 0. The number of fused-ring (bicyclic) bond motifs is 1. The van der Waals surface area contributed by atoms with Crippen molar-refractivity contribution in [3.63, 3.8) is 0 Å². The summed E-state index contributed by atoms with van der Waals surface area (Å²) in [6.07, 6.45) is 0. The van der Waals surface area contributed by atoms with E-state index in [0.717, 1.165) is 6.54 Å². The molecule has 0 spiro atoms. The van der Waals surface area contributed by atoms with Crippen LogP contribution in [-0.2, 0) is 5.41 Å². The molecule has 1 atom stereocenters. The van der Waals surface area contributed by atoms with E-state index in [4.69, 9.17) is 0 Å². The lowest BCUT2D eigenvalue weighted by Crippen LogP contribution is -2.11. The zero-order chi connectivity index (χ0) is 10.3. The lowest BCUT2D eigenvalue weighted by molar-refractivity contribution is 0.589. The second-order valence-electron chi connectivity index (χ2n) is 5.33. The van der Waals surface area contributed by atoms with Crippen LogP contribution in [0.3, 0.4) is 0 Å². The third-order valence-corrected chi connectivity index (χ3v) is 3.05. The quantitative estimate of drug-likeness (QED) is 0.658. The van der Waals surface area contributed by atoms with Crippen LogP contribution in [0.4, 0.5) is 5.69 Å². The van der Waals surface area contributed by atoms with Gasteiger partial charge >= 0.3 is 0 Å². The smallest absolute Gasteiger partial charge is 0.0376 e. The predicted molar refractivity (Wildman–Crippen MR) is 62.0 cm³/mol. The fraction of sp³-hybridized carbons (Fsp3) is 0.538. The fourth-order valence-electron chi connectivity index (χ4n) is 1.97. The van der Waals surface area contributed by atoms with E-state index in [2.05, 4.69) is 51.2 Å². The minimum absolute atomic E-state index is 0.261. The van der Waals surface area contributed by atoms with Gasteiger partial charge in [0.1, 0.15) is 0 Å². The second kappa shape index (κ2) is 3.01. The summed E-state index contributed by atoms with van der Waals surface area (Å²) in [6.45, 7) is 10.2. The van der Waals surface area contributed by atoms with Crippen molar-refractivity contribution < 1.29 is 0 Å². The molecular weight excluding hydrogens is 170 g/mol. The Kier molecular flexibility index (Phi) is 2.06. The SMILES string of the molecule is CC1CNc2ccc(C(C)(C)C)cc21. The molecule has 1 heterocycles. The normalized spacial score (nSPS) is 20.4. The van der Waals surface area contributed by atoms with Gasteiger partial charge in [-0.05, 0) is 22.6 Å². The minimum atomic E-state index is 0.261. The Labute approximate surface area is 86.5 Å². The van der Waals surface area contributed by atoms with E-state index in [0.29, 0.717) is 5.92 Å². The molecule has 1 aliphatic heterocycles. The number of hydrogen-bond acceptors (Lipinski definition) is 1. The van der Waals surface area contributed by atoms with Crippen LogP contribution in [-0.4, -0.2) is 6.54 Å². The van der Waals surface area contributed by atoms with Crippen LogP contribution in [0.15, 0.2) is 18.2 Å². The molecule has 1 unspecified atom stereocenters. The van der Waals surface area contributed by atoms with Gasteiger partial charge in [0.2, 0.25) is 0 Å². The zero-order valence-electron chi connectivity index (χ0n) is 9.52. The Morgan fingerprint density at radius 3 is 2.64 bits per heavy atom. The Bertz CT molecular complexity index is 347. The summed E-state index contributed by atoms with van der Waals surface area (Å²) in [5.74, 6) is 0.660. The molecule has 0 aliphatic carbocycles. The van der Waals surface area contributed by atoms with Crippen LogP contribution < -0.4 is 5.32 Å². The van der Waals surface area contributed by atoms with Gasteiger partial charge in [0.15, 0.2) is 0 Å². The van der Waals surface area contributed by atoms with Gasteiger partial charge in [0.05, 0.1) is 0 Å². The molecule has 0 bridgehead atoms. The van der Waals surface area contributed by atoms with Crippen LogP contribution in [0.25, 0.3) is 0 Å². The first-order chi connectivity index (χ1) is 6.48. The Hall–Kier alpha value is -0.980. The first kappa shape index (κ1) is 9.57. The molecule has 0 saturated carbocycles. The molecule has 0 amide bonds. The van der Waals surface area contributed by atoms with Crippen LogP contribution in [0, 0.1) is 0 Å². The third-order valence-electron chi connectivity index (χ3n) is 3.05. The standard InChI is InChI=1S/C13H19N/c1-9-8-14-12-6-5-10(7-11(9)12)13(2,3)4/h5-7,9,14H,8H2,1-4H3. The molecular formula is C13H19N. The number of benzene rings is 1. The van der Waals surface area contributed by atoms with Crippen molar-refractivity contribution in [3.8, 4) is 0 Å². The van der Waals surface area contributed by atoms with E-state index in [-0.39, 0.29) is 5.41 Å². The van der Waals surface area contributed by atoms with Crippen molar-refractivity contribution in [1.82, 2.24) is 0 Å². The summed E-state index contributed by atoms with van der Waals surface area (Å²) in [7, 11) is 0. The summed E-state index contributed by atoms with van der Waals surface area (Å²) in [5, 5.41) is 3.43. The Balaban J connectivity index is 2.45. The predicted octanol–water partition coefficient (Wildman–Crippen LogP) is 3.51. The highest BCUT2D eigenvalue weighted by Crippen LogP contribution is 2.34. The molecule has 0 saturated heterocycles. The highest BCUT2D eigenvalue weighted by molar-refractivity contribution is 5.59. The fourth-order valence-corrected chi connectivity index (χ4v) is 1.97. The van der Waals surface area contributed by atoms with Crippen molar-refractivity contribution >= 4 is 5.69 Å².